The number of carbonyl (C=O) groups is 3. The topological polar surface area (TPSA) is 84.9 Å². The number of rotatable bonds is 8. The fourth-order valence-electron chi connectivity index (χ4n) is 1.81. The zero-order valence-electron chi connectivity index (χ0n) is 12.0. The van der Waals surface area contributed by atoms with Gasteiger partial charge in [-0.1, -0.05) is 13.8 Å². The molecule has 0 saturated carbocycles. The highest BCUT2D eigenvalue weighted by Gasteiger charge is 2.34. The van der Waals surface area contributed by atoms with Gasteiger partial charge in [0.2, 0.25) is 11.8 Å². The molecule has 0 aromatic rings. The van der Waals surface area contributed by atoms with E-state index < -0.39 is 6.09 Å². The Balaban J connectivity index is 2.04. The average molecular weight is 286 g/mol. The van der Waals surface area contributed by atoms with Gasteiger partial charge in [-0.25, -0.2) is 4.79 Å². The van der Waals surface area contributed by atoms with Crippen molar-refractivity contribution in [1.82, 2.24) is 10.2 Å². The Morgan fingerprint density at radius 1 is 1.35 bits per heavy atom. The van der Waals surface area contributed by atoms with Crippen LogP contribution in [-0.4, -0.2) is 55.7 Å². The van der Waals surface area contributed by atoms with Crippen molar-refractivity contribution in [1.29, 1.82) is 0 Å². The van der Waals surface area contributed by atoms with E-state index in [1.807, 2.05) is 6.92 Å². The van der Waals surface area contributed by atoms with Crippen molar-refractivity contribution in [2.75, 3.05) is 32.9 Å². The van der Waals surface area contributed by atoms with Crippen LogP contribution in [0.15, 0.2) is 0 Å². The van der Waals surface area contributed by atoms with Gasteiger partial charge in [-0.2, -0.15) is 0 Å². The molecule has 3 amide bonds. The molecule has 1 aliphatic rings. The van der Waals surface area contributed by atoms with Gasteiger partial charge < -0.3 is 14.8 Å². The molecule has 7 nitrogen and oxygen atoms in total. The maximum absolute atomic E-state index is 11.6. The van der Waals surface area contributed by atoms with Crippen LogP contribution >= 0.6 is 0 Å². The van der Waals surface area contributed by atoms with Crippen LogP contribution in [0, 0.1) is 5.92 Å². The van der Waals surface area contributed by atoms with Crippen molar-refractivity contribution >= 4 is 17.9 Å². The molecule has 1 N–H and O–H groups in total. The molecule has 1 aliphatic heterocycles. The van der Waals surface area contributed by atoms with Crippen molar-refractivity contribution in [3.05, 3.63) is 0 Å². The smallest absolute Gasteiger partial charge is 0.407 e. The first-order valence-electron chi connectivity index (χ1n) is 6.88. The van der Waals surface area contributed by atoms with Gasteiger partial charge in [-0.3, -0.25) is 14.5 Å². The van der Waals surface area contributed by atoms with E-state index in [1.165, 1.54) is 4.90 Å². The van der Waals surface area contributed by atoms with E-state index in [9.17, 15) is 14.4 Å². The van der Waals surface area contributed by atoms with Crippen LogP contribution in [0.5, 0.6) is 0 Å². The molecule has 0 radical (unpaired) electrons. The Labute approximate surface area is 118 Å². The lowest BCUT2D eigenvalue weighted by Gasteiger charge is -2.14. The quantitative estimate of drug-likeness (QED) is 0.520. The van der Waals surface area contributed by atoms with Gasteiger partial charge in [0, 0.05) is 18.9 Å². The molecule has 1 unspecified atom stereocenters. The first-order valence-corrected chi connectivity index (χ1v) is 6.88. The summed E-state index contributed by atoms with van der Waals surface area (Å²) in [6.45, 7) is 5.24. The SMILES string of the molecule is CCCOC(=O)NCCOCCN1C(=O)CC(C)C1=O. The molecule has 1 atom stereocenters. The molecule has 20 heavy (non-hydrogen) atoms. The predicted octanol–water partition coefficient (Wildman–Crippen LogP) is 0.534. The van der Waals surface area contributed by atoms with E-state index in [-0.39, 0.29) is 37.3 Å². The lowest BCUT2D eigenvalue weighted by Crippen LogP contribution is -2.34. The summed E-state index contributed by atoms with van der Waals surface area (Å²) in [7, 11) is 0. The Kier molecular flexibility index (Phi) is 7.00. The van der Waals surface area contributed by atoms with E-state index in [4.69, 9.17) is 9.47 Å². The molecular weight excluding hydrogens is 264 g/mol. The van der Waals surface area contributed by atoms with Crippen molar-refractivity contribution in [2.24, 2.45) is 5.92 Å². The number of ether oxygens (including phenoxy) is 2. The van der Waals surface area contributed by atoms with E-state index in [0.29, 0.717) is 19.8 Å². The largest absolute Gasteiger partial charge is 0.450 e. The fourth-order valence-corrected chi connectivity index (χ4v) is 1.81. The van der Waals surface area contributed by atoms with Gasteiger partial charge in [0.15, 0.2) is 0 Å². The summed E-state index contributed by atoms with van der Waals surface area (Å²) in [4.78, 5) is 35.4. The van der Waals surface area contributed by atoms with Crippen molar-refractivity contribution in [3.63, 3.8) is 0 Å². The van der Waals surface area contributed by atoms with E-state index in [1.54, 1.807) is 6.92 Å². The highest BCUT2D eigenvalue weighted by atomic mass is 16.5. The number of imide groups is 1. The third-order valence-electron chi connectivity index (χ3n) is 2.88. The maximum atomic E-state index is 11.6. The Morgan fingerprint density at radius 3 is 2.70 bits per heavy atom. The van der Waals surface area contributed by atoms with Gasteiger partial charge in [0.25, 0.3) is 0 Å². The summed E-state index contributed by atoms with van der Waals surface area (Å²) in [5.41, 5.74) is 0. The number of likely N-dealkylation sites (tertiary alicyclic amines) is 1. The highest BCUT2D eigenvalue weighted by Crippen LogP contribution is 2.17. The minimum atomic E-state index is -0.464. The van der Waals surface area contributed by atoms with Crippen LogP contribution in [0.4, 0.5) is 4.79 Å². The first kappa shape index (κ1) is 16.4. The van der Waals surface area contributed by atoms with E-state index >= 15 is 0 Å². The second-order valence-corrected chi connectivity index (χ2v) is 4.66. The predicted molar refractivity (Wildman–Crippen MR) is 71.0 cm³/mol. The second-order valence-electron chi connectivity index (χ2n) is 4.66. The molecule has 0 spiro atoms. The molecule has 1 saturated heterocycles. The van der Waals surface area contributed by atoms with Crippen LogP contribution < -0.4 is 5.32 Å². The summed E-state index contributed by atoms with van der Waals surface area (Å²) < 4.78 is 10.1. The molecule has 0 aromatic heterocycles. The Bertz CT molecular complexity index is 359. The molecule has 0 bridgehead atoms. The van der Waals surface area contributed by atoms with Crippen molar-refractivity contribution in [3.8, 4) is 0 Å². The van der Waals surface area contributed by atoms with Gasteiger partial charge in [-0.05, 0) is 6.42 Å². The number of amides is 3. The minimum absolute atomic E-state index is 0.139. The number of hydrogen-bond acceptors (Lipinski definition) is 5. The lowest BCUT2D eigenvalue weighted by molar-refractivity contribution is -0.140. The lowest BCUT2D eigenvalue weighted by atomic mass is 10.1. The van der Waals surface area contributed by atoms with Crippen LogP contribution in [0.3, 0.4) is 0 Å². The van der Waals surface area contributed by atoms with Gasteiger partial charge in [-0.15, -0.1) is 0 Å². The average Bonchev–Trinajstić information content (AvgIpc) is 2.66. The molecule has 7 heteroatoms. The fraction of sp³-hybridized carbons (Fsp3) is 0.769. The summed E-state index contributed by atoms with van der Waals surface area (Å²) in [6, 6.07) is 0. The molecular formula is C13H22N2O5. The standard InChI is InChI=1S/C13H22N2O5/c1-3-6-20-13(18)14-4-7-19-8-5-15-11(16)9-10(2)12(15)17/h10H,3-9H2,1-2H3,(H,14,18). The number of hydrogen-bond donors (Lipinski definition) is 1. The van der Waals surface area contributed by atoms with Crippen molar-refractivity contribution in [2.45, 2.75) is 26.7 Å². The molecule has 0 aromatic carbocycles. The number of carbonyl (C=O) groups excluding carboxylic acids is 3. The third kappa shape index (κ3) is 5.16. The third-order valence-corrected chi connectivity index (χ3v) is 2.88. The number of nitrogens with one attached hydrogen (secondary N) is 1. The zero-order valence-corrected chi connectivity index (χ0v) is 12.0. The molecule has 1 fully saturated rings. The van der Waals surface area contributed by atoms with Crippen LogP contribution in [0.2, 0.25) is 0 Å². The van der Waals surface area contributed by atoms with Gasteiger partial charge in [0.1, 0.15) is 0 Å². The summed E-state index contributed by atoms with van der Waals surface area (Å²) in [5.74, 6) is -0.510. The monoisotopic (exact) mass is 286 g/mol. The van der Waals surface area contributed by atoms with Crippen molar-refractivity contribution < 1.29 is 23.9 Å². The first-order chi connectivity index (χ1) is 9.56. The van der Waals surface area contributed by atoms with Crippen LogP contribution in [0.1, 0.15) is 26.7 Å². The normalized spacial score (nSPS) is 18.5. The van der Waals surface area contributed by atoms with Gasteiger partial charge >= 0.3 is 6.09 Å². The van der Waals surface area contributed by atoms with E-state index in [2.05, 4.69) is 5.32 Å². The number of nitrogens with zero attached hydrogens (tertiary/aromatic N) is 1. The summed E-state index contributed by atoms with van der Waals surface area (Å²) in [5, 5.41) is 2.54. The molecule has 0 aliphatic carbocycles. The summed E-state index contributed by atoms with van der Waals surface area (Å²) in [6.07, 6.45) is 0.596. The minimum Gasteiger partial charge on any atom is -0.450 e. The molecule has 1 rings (SSSR count). The van der Waals surface area contributed by atoms with Gasteiger partial charge in [0.05, 0.1) is 26.4 Å². The second kappa shape index (κ2) is 8.52. The highest BCUT2D eigenvalue weighted by molar-refractivity contribution is 6.03. The number of alkyl carbamates (subject to hydrolysis) is 1. The Hall–Kier alpha value is -1.63. The molecule has 114 valence electrons. The van der Waals surface area contributed by atoms with Crippen LogP contribution in [0.25, 0.3) is 0 Å². The zero-order chi connectivity index (χ0) is 15.0. The summed E-state index contributed by atoms with van der Waals surface area (Å²) >= 11 is 0. The maximum Gasteiger partial charge on any atom is 0.407 e. The molecule has 1 heterocycles. The van der Waals surface area contributed by atoms with Crippen LogP contribution in [-0.2, 0) is 19.1 Å². The van der Waals surface area contributed by atoms with E-state index in [0.717, 1.165) is 6.42 Å². The Morgan fingerprint density at radius 2 is 2.10 bits per heavy atom.